The molecule has 10 heteroatoms. The lowest BCUT2D eigenvalue weighted by molar-refractivity contribution is -0.157. The number of amides is 2. The SMILES string of the molecule is Cc1ccc(N2C[C@H](C(=O)N3CCC(c4nnc(C(F)(F)F)o4)CC3)CC2=O)cc1C. The van der Waals surface area contributed by atoms with E-state index in [-0.39, 0.29) is 30.0 Å². The molecule has 4 rings (SSSR count). The molecule has 3 heterocycles. The van der Waals surface area contributed by atoms with Crippen LogP contribution in [0.5, 0.6) is 0 Å². The Bertz CT molecular complexity index is 996. The number of piperidine rings is 1. The molecule has 0 unspecified atom stereocenters. The van der Waals surface area contributed by atoms with Crippen molar-refractivity contribution in [2.24, 2.45) is 5.92 Å². The van der Waals surface area contributed by atoms with Gasteiger partial charge in [0.15, 0.2) is 0 Å². The fourth-order valence-corrected chi connectivity index (χ4v) is 4.14. The Labute approximate surface area is 177 Å². The quantitative estimate of drug-likeness (QED) is 0.736. The van der Waals surface area contributed by atoms with E-state index in [9.17, 15) is 22.8 Å². The number of aryl methyl sites for hydroxylation is 2. The summed E-state index contributed by atoms with van der Waals surface area (Å²) in [4.78, 5) is 28.8. The van der Waals surface area contributed by atoms with Crippen LogP contribution in [0.4, 0.5) is 18.9 Å². The number of benzene rings is 1. The van der Waals surface area contributed by atoms with Gasteiger partial charge in [-0.05, 0) is 49.9 Å². The molecule has 0 radical (unpaired) electrons. The highest BCUT2D eigenvalue weighted by Crippen LogP contribution is 2.34. The maximum atomic E-state index is 13.0. The number of halogens is 3. The van der Waals surface area contributed by atoms with Gasteiger partial charge in [-0.1, -0.05) is 6.07 Å². The van der Waals surface area contributed by atoms with Gasteiger partial charge in [0, 0.05) is 37.7 Å². The third-order valence-electron chi connectivity index (χ3n) is 6.12. The molecule has 0 spiro atoms. The molecule has 2 fully saturated rings. The largest absolute Gasteiger partial charge is 0.470 e. The van der Waals surface area contributed by atoms with Gasteiger partial charge in [-0.2, -0.15) is 13.2 Å². The summed E-state index contributed by atoms with van der Waals surface area (Å²) < 4.78 is 42.7. The first-order valence-electron chi connectivity index (χ1n) is 10.2. The monoisotopic (exact) mass is 436 g/mol. The van der Waals surface area contributed by atoms with Gasteiger partial charge in [0.1, 0.15) is 0 Å². The van der Waals surface area contributed by atoms with Crippen LogP contribution in [0.2, 0.25) is 0 Å². The second-order valence-electron chi connectivity index (χ2n) is 8.22. The normalized spacial score (nSPS) is 20.5. The van der Waals surface area contributed by atoms with Crippen LogP contribution in [-0.2, 0) is 15.8 Å². The van der Waals surface area contributed by atoms with Crippen molar-refractivity contribution in [2.75, 3.05) is 24.5 Å². The van der Waals surface area contributed by atoms with Gasteiger partial charge in [-0.15, -0.1) is 10.2 Å². The Morgan fingerprint density at radius 1 is 1.13 bits per heavy atom. The molecule has 1 aromatic heterocycles. The zero-order valence-corrected chi connectivity index (χ0v) is 17.3. The van der Waals surface area contributed by atoms with Crippen molar-refractivity contribution in [3.05, 3.63) is 41.1 Å². The molecule has 0 saturated carbocycles. The third kappa shape index (κ3) is 4.28. The average Bonchev–Trinajstić information content (AvgIpc) is 3.37. The molecule has 2 aliphatic heterocycles. The van der Waals surface area contributed by atoms with Crippen molar-refractivity contribution < 1.29 is 27.2 Å². The number of likely N-dealkylation sites (tertiary alicyclic amines) is 1. The highest BCUT2D eigenvalue weighted by atomic mass is 19.4. The standard InChI is InChI=1S/C21H23F3N4O3/c1-12-3-4-16(9-13(12)2)28-11-15(10-17(28)29)19(30)27-7-5-14(6-8-27)18-25-26-20(31-18)21(22,23)24/h3-4,9,14-15H,5-8,10-11H2,1-2H3/t15-/m1/s1. The van der Waals surface area contributed by atoms with Crippen LogP contribution >= 0.6 is 0 Å². The summed E-state index contributed by atoms with van der Waals surface area (Å²) in [6.07, 6.45) is -3.64. The van der Waals surface area contributed by atoms with Crippen LogP contribution in [0.3, 0.4) is 0 Å². The summed E-state index contributed by atoms with van der Waals surface area (Å²) in [5.41, 5.74) is 3.00. The molecule has 2 amide bonds. The van der Waals surface area contributed by atoms with E-state index >= 15 is 0 Å². The van der Waals surface area contributed by atoms with Gasteiger partial charge >= 0.3 is 12.1 Å². The zero-order valence-electron chi connectivity index (χ0n) is 17.3. The fourth-order valence-electron chi connectivity index (χ4n) is 4.14. The summed E-state index contributed by atoms with van der Waals surface area (Å²) in [5.74, 6) is -2.31. The van der Waals surface area contributed by atoms with E-state index in [1.54, 1.807) is 9.80 Å². The number of rotatable bonds is 3. The lowest BCUT2D eigenvalue weighted by Gasteiger charge is -2.32. The van der Waals surface area contributed by atoms with Gasteiger partial charge in [0.2, 0.25) is 17.7 Å². The molecule has 1 aromatic carbocycles. The number of carbonyl (C=O) groups is 2. The Balaban J connectivity index is 1.36. The van der Waals surface area contributed by atoms with E-state index in [0.29, 0.717) is 32.5 Å². The van der Waals surface area contributed by atoms with Crippen molar-refractivity contribution in [1.29, 1.82) is 0 Å². The molecule has 1 atom stereocenters. The maximum absolute atomic E-state index is 13.0. The van der Waals surface area contributed by atoms with E-state index in [0.717, 1.165) is 16.8 Å². The summed E-state index contributed by atoms with van der Waals surface area (Å²) >= 11 is 0. The van der Waals surface area contributed by atoms with Gasteiger partial charge in [-0.25, -0.2) is 0 Å². The summed E-state index contributed by atoms with van der Waals surface area (Å²) in [6.45, 7) is 5.06. The molecular formula is C21H23F3N4O3. The second-order valence-corrected chi connectivity index (χ2v) is 8.22. The highest BCUT2D eigenvalue weighted by Gasteiger charge is 2.41. The van der Waals surface area contributed by atoms with Crippen molar-refractivity contribution in [3.63, 3.8) is 0 Å². The summed E-state index contributed by atoms with van der Waals surface area (Å²) in [6, 6.07) is 5.79. The van der Waals surface area contributed by atoms with E-state index in [1.807, 2.05) is 32.0 Å². The first-order chi connectivity index (χ1) is 14.6. The Morgan fingerprint density at radius 3 is 2.45 bits per heavy atom. The first-order valence-corrected chi connectivity index (χ1v) is 10.2. The fraction of sp³-hybridized carbons (Fsp3) is 0.524. The number of hydrogen-bond donors (Lipinski definition) is 0. The summed E-state index contributed by atoms with van der Waals surface area (Å²) in [7, 11) is 0. The van der Waals surface area contributed by atoms with Crippen LogP contribution in [0.15, 0.2) is 22.6 Å². The molecule has 2 saturated heterocycles. The zero-order chi connectivity index (χ0) is 22.3. The Hall–Kier alpha value is -2.91. The van der Waals surface area contributed by atoms with Gasteiger partial charge in [-0.3, -0.25) is 9.59 Å². The van der Waals surface area contributed by atoms with E-state index in [4.69, 9.17) is 4.42 Å². The smallest absolute Gasteiger partial charge is 0.417 e. The lowest BCUT2D eigenvalue weighted by Crippen LogP contribution is -2.42. The minimum absolute atomic E-state index is 0.0450. The number of alkyl halides is 3. The van der Waals surface area contributed by atoms with Crippen molar-refractivity contribution in [1.82, 2.24) is 15.1 Å². The number of anilines is 1. The molecule has 0 bridgehead atoms. The van der Waals surface area contributed by atoms with Crippen LogP contribution in [0, 0.1) is 19.8 Å². The minimum atomic E-state index is -4.67. The molecule has 0 aliphatic carbocycles. The van der Waals surface area contributed by atoms with Crippen LogP contribution in [-0.4, -0.2) is 46.5 Å². The predicted molar refractivity (Wildman–Crippen MR) is 104 cm³/mol. The summed E-state index contributed by atoms with van der Waals surface area (Å²) in [5, 5.41) is 6.60. The predicted octanol–water partition coefficient (Wildman–Crippen LogP) is 3.46. The number of hydrogen-bond acceptors (Lipinski definition) is 5. The minimum Gasteiger partial charge on any atom is -0.417 e. The van der Waals surface area contributed by atoms with E-state index in [1.165, 1.54) is 0 Å². The van der Waals surface area contributed by atoms with Crippen LogP contribution in [0.1, 0.15) is 48.1 Å². The highest BCUT2D eigenvalue weighted by molar-refractivity contribution is 6.00. The molecule has 2 aromatic rings. The molecule has 166 valence electrons. The van der Waals surface area contributed by atoms with Crippen molar-refractivity contribution in [2.45, 2.75) is 45.2 Å². The van der Waals surface area contributed by atoms with Crippen molar-refractivity contribution >= 4 is 17.5 Å². The lowest BCUT2D eigenvalue weighted by atomic mass is 9.95. The van der Waals surface area contributed by atoms with Crippen molar-refractivity contribution in [3.8, 4) is 0 Å². The Morgan fingerprint density at radius 2 is 1.84 bits per heavy atom. The maximum Gasteiger partial charge on any atom is 0.470 e. The molecule has 2 aliphatic rings. The molecule has 0 N–H and O–H groups in total. The van der Waals surface area contributed by atoms with Gasteiger partial charge in [0.25, 0.3) is 0 Å². The van der Waals surface area contributed by atoms with Crippen LogP contribution in [0.25, 0.3) is 0 Å². The van der Waals surface area contributed by atoms with Gasteiger partial charge < -0.3 is 14.2 Å². The Kier molecular flexibility index (Phi) is 5.49. The van der Waals surface area contributed by atoms with Gasteiger partial charge in [0.05, 0.1) is 5.92 Å². The topological polar surface area (TPSA) is 79.5 Å². The van der Waals surface area contributed by atoms with E-state index < -0.39 is 18.0 Å². The average molecular weight is 436 g/mol. The van der Waals surface area contributed by atoms with E-state index in [2.05, 4.69) is 10.2 Å². The molecular weight excluding hydrogens is 413 g/mol. The number of aromatic nitrogens is 2. The molecule has 7 nitrogen and oxygen atoms in total. The number of carbonyl (C=O) groups excluding carboxylic acids is 2. The number of nitrogens with zero attached hydrogens (tertiary/aromatic N) is 4. The molecule has 31 heavy (non-hydrogen) atoms. The van der Waals surface area contributed by atoms with Crippen LogP contribution < -0.4 is 4.90 Å². The first kappa shape index (κ1) is 21.3. The second kappa shape index (κ2) is 7.97. The third-order valence-corrected chi connectivity index (χ3v) is 6.12.